The fourth-order valence-electron chi connectivity index (χ4n) is 2.92. The van der Waals surface area contributed by atoms with Gasteiger partial charge in [-0.25, -0.2) is 8.42 Å². The largest absolute Gasteiger partial charge is 0.493 e. The van der Waals surface area contributed by atoms with Crippen molar-refractivity contribution in [3.8, 4) is 11.5 Å². The molecule has 3 aromatic carbocycles. The van der Waals surface area contributed by atoms with Crippen LogP contribution in [0.3, 0.4) is 0 Å². The minimum Gasteiger partial charge on any atom is -0.493 e. The summed E-state index contributed by atoms with van der Waals surface area (Å²) in [5.74, 6) is 0.765. The van der Waals surface area contributed by atoms with Gasteiger partial charge in [0.25, 0.3) is 5.91 Å². The Bertz CT molecular complexity index is 1150. The Morgan fingerprint density at radius 3 is 2.32 bits per heavy atom. The lowest BCUT2D eigenvalue weighted by molar-refractivity contribution is 0.0951. The number of nitrogens with one attached hydrogen (secondary N) is 2. The zero-order valence-corrected chi connectivity index (χ0v) is 18.1. The van der Waals surface area contributed by atoms with Crippen LogP contribution < -0.4 is 19.5 Å². The highest BCUT2D eigenvalue weighted by atomic mass is 32.2. The van der Waals surface area contributed by atoms with Gasteiger partial charge in [-0.2, -0.15) is 0 Å². The molecule has 3 rings (SSSR count). The second-order valence-corrected chi connectivity index (χ2v) is 8.61. The summed E-state index contributed by atoms with van der Waals surface area (Å²) < 4.78 is 36.7. The summed E-state index contributed by atoms with van der Waals surface area (Å²) in [5, 5.41) is 2.80. The molecule has 0 spiro atoms. The van der Waals surface area contributed by atoms with Crippen LogP contribution in [-0.4, -0.2) is 27.7 Å². The normalized spacial score (nSPS) is 10.9. The summed E-state index contributed by atoms with van der Waals surface area (Å²) in [4.78, 5) is 12.6. The number of benzene rings is 3. The molecule has 7 nitrogen and oxygen atoms in total. The number of ether oxygens (including phenoxy) is 2. The molecule has 1 amide bonds. The number of anilines is 1. The summed E-state index contributed by atoms with van der Waals surface area (Å²) >= 11 is 0. The quantitative estimate of drug-likeness (QED) is 0.531. The first-order valence-electron chi connectivity index (χ1n) is 9.54. The van der Waals surface area contributed by atoms with E-state index in [1.165, 1.54) is 6.07 Å². The summed E-state index contributed by atoms with van der Waals surface area (Å²) in [6.07, 6.45) is 1.04. The van der Waals surface area contributed by atoms with Crippen molar-refractivity contribution < 1.29 is 22.7 Å². The average Bonchev–Trinajstić information content (AvgIpc) is 2.76. The molecular weight excluding hydrogens is 416 g/mol. The second-order valence-electron chi connectivity index (χ2n) is 6.86. The van der Waals surface area contributed by atoms with Crippen molar-refractivity contribution >= 4 is 21.6 Å². The number of sulfonamides is 1. The average molecular weight is 441 g/mol. The fourth-order valence-corrected chi connectivity index (χ4v) is 3.50. The maximum atomic E-state index is 12.6. The van der Waals surface area contributed by atoms with Crippen LogP contribution in [-0.2, 0) is 23.2 Å². The molecule has 0 aliphatic carbocycles. The lowest BCUT2D eigenvalue weighted by Gasteiger charge is -2.14. The minimum atomic E-state index is -3.50. The molecule has 0 unspecified atom stereocenters. The number of rotatable bonds is 9. The van der Waals surface area contributed by atoms with Gasteiger partial charge in [0.15, 0.2) is 11.5 Å². The molecule has 0 fully saturated rings. The monoisotopic (exact) mass is 440 g/mol. The van der Waals surface area contributed by atoms with Crippen LogP contribution in [0.5, 0.6) is 11.5 Å². The Kier molecular flexibility index (Phi) is 7.15. The third kappa shape index (κ3) is 6.48. The molecule has 0 bridgehead atoms. The van der Waals surface area contributed by atoms with Gasteiger partial charge in [0.05, 0.1) is 24.6 Å². The van der Waals surface area contributed by atoms with E-state index in [9.17, 15) is 13.2 Å². The van der Waals surface area contributed by atoms with Crippen molar-refractivity contribution in [3.05, 3.63) is 89.5 Å². The van der Waals surface area contributed by atoms with E-state index in [2.05, 4.69) is 10.0 Å². The number of para-hydroxylation sites is 1. The van der Waals surface area contributed by atoms with Crippen molar-refractivity contribution in [2.45, 2.75) is 13.2 Å². The Morgan fingerprint density at radius 2 is 1.61 bits per heavy atom. The van der Waals surface area contributed by atoms with Crippen molar-refractivity contribution in [3.63, 3.8) is 0 Å². The molecule has 0 heterocycles. The van der Waals surface area contributed by atoms with Gasteiger partial charge in [0.1, 0.15) is 6.61 Å². The molecule has 0 aliphatic heterocycles. The zero-order valence-electron chi connectivity index (χ0n) is 17.3. The number of amides is 1. The lowest BCUT2D eigenvalue weighted by atomic mass is 10.1. The first kappa shape index (κ1) is 22.2. The molecule has 31 heavy (non-hydrogen) atoms. The van der Waals surface area contributed by atoms with Crippen LogP contribution in [0, 0.1) is 0 Å². The summed E-state index contributed by atoms with van der Waals surface area (Å²) in [6.45, 7) is 0.652. The topological polar surface area (TPSA) is 93.7 Å². The maximum absolute atomic E-state index is 12.6. The Hall–Kier alpha value is -3.52. The van der Waals surface area contributed by atoms with Crippen LogP contribution in [0.25, 0.3) is 0 Å². The van der Waals surface area contributed by atoms with Crippen LogP contribution in [0.15, 0.2) is 72.8 Å². The van der Waals surface area contributed by atoms with E-state index >= 15 is 0 Å². The number of carbonyl (C=O) groups is 1. The van der Waals surface area contributed by atoms with E-state index in [0.717, 1.165) is 17.4 Å². The van der Waals surface area contributed by atoms with E-state index in [-0.39, 0.29) is 17.8 Å². The SMILES string of the molecule is COc1cc(CNC(=O)c2ccccc2NS(C)(=O)=O)ccc1OCc1ccccc1. The zero-order chi connectivity index (χ0) is 22.3. The van der Waals surface area contributed by atoms with Crippen molar-refractivity contribution in [2.75, 3.05) is 18.1 Å². The molecule has 0 saturated heterocycles. The molecule has 0 saturated carbocycles. The van der Waals surface area contributed by atoms with Crippen molar-refractivity contribution in [1.82, 2.24) is 5.32 Å². The Balaban J connectivity index is 1.66. The van der Waals surface area contributed by atoms with Gasteiger partial charge >= 0.3 is 0 Å². The lowest BCUT2D eigenvalue weighted by Crippen LogP contribution is -2.24. The molecule has 0 radical (unpaired) electrons. The molecule has 3 aromatic rings. The third-order valence-electron chi connectivity index (χ3n) is 4.39. The van der Waals surface area contributed by atoms with Gasteiger partial charge in [-0.3, -0.25) is 9.52 Å². The highest BCUT2D eigenvalue weighted by molar-refractivity contribution is 7.92. The predicted octanol–water partition coefficient (Wildman–Crippen LogP) is 3.58. The van der Waals surface area contributed by atoms with E-state index in [1.807, 2.05) is 36.4 Å². The Labute approximate surface area is 182 Å². The highest BCUT2D eigenvalue weighted by Crippen LogP contribution is 2.29. The summed E-state index contributed by atoms with van der Waals surface area (Å²) in [7, 11) is -1.94. The van der Waals surface area contributed by atoms with Gasteiger partial charge in [0, 0.05) is 6.54 Å². The number of methoxy groups -OCH3 is 1. The van der Waals surface area contributed by atoms with Gasteiger partial charge in [-0.1, -0.05) is 48.5 Å². The standard InChI is InChI=1S/C23H24N2O5S/c1-29-22-14-18(12-13-21(22)30-16-17-8-4-3-5-9-17)15-24-23(26)19-10-6-7-11-20(19)25-31(2,27)28/h3-14,25H,15-16H2,1-2H3,(H,24,26). The van der Waals surface area contributed by atoms with E-state index < -0.39 is 15.9 Å². The number of hydrogen-bond donors (Lipinski definition) is 2. The fraction of sp³-hybridized carbons (Fsp3) is 0.174. The highest BCUT2D eigenvalue weighted by Gasteiger charge is 2.14. The molecule has 162 valence electrons. The van der Waals surface area contributed by atoms with E-state index in [4.69, 9.17) is 9.47 Å². The number of carbonyl (C=O) groups excluding carboxylic acids is 1. The minimum absolute atomic E-state index is 0.227. The van der Waals surface area contributed by atoms with Crippen LogP contribution in [0.1, 0.15) is 21.5 Å². The predicted molar refractivity (Wildman–Crippen MR) is 120 cm³/mol. The van der Waals surface area contributed by atoms with E-state index in [1.54, 1.807) is 37.4 Å². The molecule has 2 N–H and O–H groups in total. The van der Waals surface area contributed by atoms with Crippen LogP contribution in [0.4, 0.5) is 5.69 Å². The maximum Gasteiger partial charge on any atom is 0.253 e. The van der Waals surface area contributed by atoms with Crippen molar-refractivity contribution in [1.29, 1.82) is 0 Å². The molecule has 0 atom stereocenters. The van der Waals surface area contributed by atoms with Gasteiger partial charge in [-0.05, 0) is 35.4 Å². The van der Waals surface area contributed by atoms with Crippen LogP contribution in [0.2, 0.25) is 0 Å². The van der Waals surface area contributed by atoms with Gasteiger partial charge < -0.3 is 14.8 Å². The second kappa shape index (κ2) is 9.99. The third-order valence-corrected chi connectivity index (χ3v) is 4.98. The van der Waals surface area contributed by atoms with E-state index in [0.29, 0.717) is 18.1 Å². The van der Waals surface area contributed by atoms with Gasteiger partial charge in [0.2, 0.25) is 10.0 Å². The van der Waals surface area contributed by atoms with Crippen molar-refractivity contribution in [2.24, 2.45) is 0 Å². The summed E-state index contributed by atoms with van der Waals surface area (Å²) in [6, 6.07) is 21.7. The molecule has 0 aliphatic rings. The molecule has 8 heteroatoms. The molecule has 0 aromatic heterocycles. The molecular formula is C23H24N2O5S. The first-order valence-corrected chi connectivity index (χ1v) is 11.4. The van der Waals surface area contributed by atoms with Crippen LogP contribution >= 0.6 is 0 Å². The Morgan fingerprint density at radius 1 is 0.903 bits per heavy atom. The first-order chi connectivity index (χ1) is 14.9. The smallest absolute Gasteiger partial charge is 0.253 e. The number of hydrogen-bond acceptors (Lipinski definition) is 5. The van der Waals surface area contributed by atoms with Gasteiger partial charge in [-0.15, -0.1) is 0 Å². The summed E-state index contributed by atoms with van der Waals surface area (Å²) in [5.41, 5.74) is 2.32.